The molecule has 0 atom stereocenters. The molecule has 4 rings (SSSR count). The van der Waals surface area contributed by atoms with Crippen LogP contribution in [0.1, 0.15) is 5.56 Å². The second kappa shape index (κ2) is 8.55. The minimum absolute atomic E-state index is 0.380. The van der Waals surface area contributed by atoms with Crippen LogP contribution in [0.25, 0.3) is 22.9 Å². The van der Waals surface area contributed by atoms with E-state index in [-0.39, 0.29) is 0 Å². The topological polar surface area (TPSA) is 60.2 Å². The van der Waals surface area contributed by atoms with Gasteiger partial charge in [0.25, 0.3) is 0 Å². The molecule has 0 aliphatic rings. The molecule has 0 radical (unpaired) electrons. The molecular formula is C22H17Cl2N3O2. The maximum Gasteiger partial charge on any atom is 0.249 e. The Morgan fingerprint density at radius 3 is 2.34 bits per heavy atom. The van der Waals surface area contributed by atoms with Crippen molar-refractivity contribution in [1.82, 2.24) is 10.2 Å². The fourth-order valence-corrected chi connectivity index (χ4v) is 3.36. The van der Waals surface area contributed by atoms with Gasteiger partial charge in [0.2, 0.25) is 11.8 Å². The Kier molecular flexibility index (Phi) is 5.69. The van der Waals surface area contributed by atoms with Crippen LogP contribution in [0.3, 0.4) is 0 Å². The highest BCUT2D eigenvalue weighted by atomic mass is 35.5. The van der Waals surface area contributed by atoms with Crippen LogP contribution in [0.2, 0.25) is 10.0 Å². The van der Waals surface area contributed by atoms with E-state index < -0.39 is 0 Å². The number of nitrogens with zero attached hydrogens (tertiary/aromatic N) is 2. The molecule has 4 aromatic rings. The Bertz CT molecular complexity index is 1140. The number of benzene rings is 3. The van der Waals surface area contributed by atoms with Crippen LogP contribution in [-0.2, 0) is 6.54 Å². The van der Waals surface area contributed by atoms with Crippen LogP contribution in [0.4, 0.5) is 5.69 Å². The summed E-state index contributed by atoms with van der Waals surface area (Å²) in [6.07, 6.45) is 0. The summed E-state index contributed by atoms with van der Waals surface area (Å²) in [6.45, 7) is 0.524. The summed E-state index contributed by atoms with van der Waals surface area (Å²) in [5.74, 6) is 1.52. The molecule has 3 aromatic carbocycles. The molecule has 1 N–H and O–H groups in total. The summed E-state index contributed by atoms with van der Waals surface area (Å²) in [7, 11) is 1.62. The quantitative estimate of drug-likeness (QED) is 0.390. The molecule has 146 valence electrons. The van der Waals surface area contributed by atoms with Crippen molar-refractivity contribution in [2.45, 2.75) is 6.54 Å². The predicted octanol–water partition coefficient (Wildman–Crippen LogP) is 6.33. The van der Waals surface area contributed by atoms with E-state index in [1.165, 1.54) is 0 Å². The Morgan fingerprint density at radius 1 is 0.897 bits per heavy atom. The third-order valence-electron chi connectivity index (χ3n) is 4.41. The van der Waals surface area contributed by atoms with E-state index in [2.05, 4.69) is 15.5 Å². The van der Waals surface area contributed by atoms with Gasteiger partial charge in [-0.05, 0) is 42.0 Å². The van der Waals surface area contributed by atoms with Crippen molar-refractivity contribution in [3.8, 4) is 28.7 Å². The van der Waals surface area contributed by atoms with Crippen molar-refractivity contribution in [2.24, 2.45) is 0 Å². The first-order valence-electron chi connectivity index (χ1n) is 8.90. The molecule has 1 heterocycles. The number of halogens is 2. The Morgan fingerprint density at radius 2 is 1.59 bits per heavy atom. The maximum atomic E-state index is 6.24. The first-order chi connectivity index (χ1) is 14.2. The average molecular weight is 426 g/mol. The molecule has 0 aliphatic heterocycles. The number of rotatable bonds is 6. The molecule has 0 spiro atoms. The molecule has 0 unspecified atom stereocenters. The van der Waals surface area contributed by atoms with Gasteiger partial charge in [-0.3, -0.25) is 0 Å². The van der Waals surface area contributed by atoms with Crippen LogP contribution in [0.15, 0.2) is 71.1 Å². The Labute approximate surface area is 178 Å². The number of aromatic nitrogens is 2. The summed E-state index contributed by atoms with van der Waals surface area (Å²) < 4.78 is 11.3. The SMILES string of the molecule is COc1ccc(Cl)cc1NCc1ccccc1-c1nnc(-c2ccccc2Cl)o1. The van der Waals surface area contributed by atoms with Crippen LogP contribution < -0.4 is 10.1 Å². The maximum absolute atomic E-state index is 6.24. The monoisotopic (exact) mass is 425 g/mol. The highest BCUT2D eigenvalue weighted by molar-refractivity contribution is 6.33. The van der Waals surface area contributed by atoms with E-state index in [9.17, 15) is 0 Å². The third-order valence-corrected chi connectivity index (χ3v) is 4.97. The van der Waals surface area contributed by atoms with Crippen LogP contribution in [0.5, 0.6) is 5.75 Å². The van der Waals surface area contributed by atoms with E-state index in [0.717, 1.165) is 16.8 Å². The highest BCUT2D eigenvalue weighted by Gasteiger charge is 2.15. The standard InChI is InChI=1S/C22H17Cl2N3O2/c1-28-20-11-10-15(23)12-19(20)25-13-14-6-2-3-7-16(14)21-26-27-22(29-21)17-8-4-5-9-18(17)24/h2-12,25H,13H2,1H3. The molecule has 29 heavy (non-hydrogen) atoms. The number of hydrogen-bond donors (Lipinski definition) is 1. The second-order valence-corrected chi connectivity index (χ2v) is 7.09. The van der Waals surface area contributed by atoms with Gasteiger partial charge in [-0.1, -0.05) is 53.5 Å². The Balaban J connectivity index is 1.62. The van der Waals surface area contributed by atoms with E-state index in [4.69, 9.17) is 32.4 Å². The van der Waals surface area contributed by atoms with Gasteiger partial charge in [-0.15, -0.1) is 10.2 Å². The number of hydrogen-bond acceptors (Lipinski definition) is 5. The summed E-state index contributed by atoms with van der Waals surface area (Å²) in [6, 6.07) is 20.6. The molecule has 1 aromatic heterocycles. The summed E-state index contributed by atoms with van der Waals surface area (Å²) in [4.78, 5) is 0. The van der Waals surface area contributed by atoms with Crippen LogP contribution >= 0.6 is 23.2 Å². The molecule has 0 bridgehead atoms. The molecule has 0 aliphatic carbocycles. The van der Waals surface area contributed by atoms with Gasteiger partial charge in [0.1, 0.15) is 5.75 Å². The summed E-state index contributed by atoms with van der Waals surface area (Å²) >= 11 is 12.4. The lowest BCUT2D eigenvalue weighted by Crippen LogP contribution is -2.03. The van der Waals surface area contributed by atoms with E-state index in [0.29, 0.717) is 39.7 Å². The molecule has 7 heteroatoms. The van der Waals surface area contributed by atoms with Gasteiger partial charge in [-0.25, -0.2) is 0 Å². The normalized spacial score (nSPS) is 10.7. The molecular weight excluding hydrogens is 409 g/mol. The number of ether oxygens (including phenoxy) is 1. The molecule has 0 amide bonds. The zero-order valence-corrected chi connectivity index (χ0v) is 17.0. The number of methoxy groups -OCH3 is 1. The molecule has 0 fully saturated rings. The lowest BCUT2D eigenvalue weighted by molar-refractivity contribution is 0.416. The number of nitrogens with one attached hydrogen (secondary N) is 1. The van der Waals surface area contributed by atoms with Crippen molar-refractivity contribution in [3.63, 3.8) is 0 Å². The van der Waals surface area contributed by atoms with Gasteiger partial charge < -0.3 is 14.5 Å². The van der Waals surface area contributed by atoms with Gasteiger partial charge in [0.05, 0.1) is 23.4 Å². The van der Waals surface area contributed by atoms with E-state index in [1.54, 1.807) is 19.2 Å². The summed E-state index contributed by atoms with van der Waals surface area (Å²) in [5, 5.41) is 12.9. The van der Waals surface area contributed by atoms with Crippen molar-refractivity contribution in [2.75, 3.05) is 12.4 Å². The predicted molar refractivity (Wildman–Crippen MR) is 116 cm³/mol. The minimum Gasteiger partial charge on any atom is -0.495 e. The van der Waals surface area contributed by atoms with Crippen LogP contribution in [0, 0.1) is 0 Å². The van der Waals surface area contributed by atoms with Crippen LogP contribution in [-0.4, -0.2) is 17.3 Å². The first kappa shape index (κ1) is 19.3. The number of anilines is 1. The lowest BCUT2D eigenvalue weighted by Gasteiger charge is -2.13. The largest absolute Gasteiger partial charge is 0.495 e. The fraction of sp³-hybridized carbons (Fsp3) is 0.0909. The van der Waals surface area contributed by atoms with Crippen molar-refractivity contribution < 1.29 is 9.15 Å². The second-order valence-electron chi connectivity index (χ2n) is 6.25. The van der Waals surface area contributed by atoms with Gasteiger partial charge >= 0.3 is 0 Å². The average Bonchev–Trinajstić information content (AvgIpc) is 3.22. The molecule has 0 saturated carbocycles. The first-order valence-corrected chi connectivity index (χ1v) is 9.65. The highest BCUT2D eigenvalue weighted by Crippen LogP contribution is 2.32. The Hall–Kier alpha value is -3.02. The zero-order chi connectivity index (χ0) is 20.2. The smallest absolute Gasteiger partial charge is 0.249 e. The fourth-order valence-electron chi connectivity index (χ4n) is 2.97. The van der Waals surface area contributed by atoms with Crippen molar-refractivity contribution >= 4 is 28.9 Å². The van der Waals surface area contributed by atoms with Gasteiger partial charge in [-0.2, -0.15) is 0 Å². The lowest BCUT2D eigenvalue weighted by atomic mass is 10.1. The van der Waals surface area contributed by atoms with Crippen molar-refractivity contribution in [1.29, 1.82) is 0 Å². The minimum atomic E-state index is 0.380. The van der Waals surface area contributed by atoms with E-state index >= 15 is 0 Å². The van der Waals surface area contributed by atoms with Crippen molar-refractivity contribution in [3.05, 3.63) is 82.3 Å². The van der Waals surface area contributed by atoms with Gasteiger partial charge in [0.15, 0.2) is 0 Å². The zero-order valence-electron chi connectivity index (χ0n) is 15.5. The molecule has 0 saturated heterocycles. The van der Waals surface area contributed by atoms with E-state index in [1.807, 2.05) is 54.6 Å². The third kappa shape index (κ3) is 4.21. The van der Waals surface area contributed by atoms with Gasteiger partial charge in [0, 0.05) is 17.1 Å². The summed E-state index contributed by atoms with van der Waals surface area (Å²) in [5.41, 5.74) is 3.33. The molecule has 5 nitrogen and oxygen atoms in total.